The molecule has 0 radical (unpaired) electrons. The van der Waals surface area contributed by atoms with Crippen LogP contribution in [-0.2, 0) is 9.59 Å². The van der Waals surface area contributed by atoms with Crippen LogP contribution in [0.1, 0.15) is 12.0 Å². The van der Waals surface area contributed by atoms with E-state index >= 15 is 0 Å². The van der Waals surface area contributed by atoms with E-state index in [1.807, 2.05) is 6.07 Å². The third-order valence-corrected chi connectivity index (χ3v) is 1.92. The third-order valence-electron chi connectivity index (χ3n) is 1.92. The molecule has 0 heterocycles. The first-order valence-electron chi connectivity index (χ1n) is 4.95. The summed E-state index contributed by atoms with van der Waals surface area (Å²) in [5.74, 6) is -0.524. The minimum atomic E-state index is -0.524. The lowest BCUT2D eigenvalue weighted by molar-refractivity contribution is -0.110. The largest absolute Gasteiger partial charge is 0.411 e. The monoisotopic (exact) mass is 232 g/mol. The van der Waals surface area contributed by atoms with E-state index in [-0.39, 0.29) is 0 Å². The van der Waals surface area contributed by atoms with Crippen LogP contribution in [0.15, 0.2) is 35.5 Å². The number of aldehydes is 1. The number of para-hydroxylation sites is 1. The van der Waals surface area contributed by atoms with E-state index in [9.17, 15) is 9.59 Å². The van der Waals surface area contributed by atoms with Crippen molar-refractivity contribution in [2.24, 2.45) is 5.16 Å². The molecule has 1 rings (SSSR count). The average Bonchev–Trinajstić information content (AvgIpc) is 2.32. The minimum Gasteiger partial charge on any atom is -0.411 e. The van der Waals surface area contributed by atoms with Gasteiger partial charge in [0.2, 0.25) is 0 Å². The van der Waals surface area contributed by atoms with Crippen molar-refractivity contribution in [3.63, 3.8) is 0 Å². The van der Waals surface area contributed by atoms with Crippen molar-refractivity contribution in [2.75, 3.05) is 5.32 Å². The van der Waals surface area contributed by atoms with Gasteiger partial charge in [-0.1, -0.05) is 35.5 Å². The number of nitrogens with zero attached hydrogens (tertiary/aromatic N) is 1. The van der Waals surface area contributed by atoms with Crippen molar-refractivity contribution < 1.29 is 14.8 Å². The summed E-state index contributed by atoms with van der Waals surface area (Å²) in [6.07, 6.45) is 5.31. The van der Waals surface area contributed by atoms with E-state index in [1.54, 1.807) is 30.4 Å². The van der Waals surface area contributed by atoms with Crippen LogP contribution < -0.4 is 5.32 Å². The lowest BCUT2D eigenvalue weighted by Gasteiger charge is -2.05. The van der Waals surface area contributed by atoms with Crippen molar-refractivity contribution in [3.05, 3.63) is 35.9 Å². The third kappa shape index (κ3) is 4.29. The molecule has 0 aliphatic rings. The minimum absolute atomic E-state index is 0.320. The van der Waals surface area contributed by atoms with Gasteiger partial charge in [0.05, 0.1) is 0 Å². The first-order chi connectivity index (χ1) is 8.27. The van der Waals surface area contributed by atoms with Crippen molar-refractivity contribution in [1.82, 2.24) is 0 Å². The standard InChI is InChI=1S/C12H12N2O3/c15-8-4-3-6-10-5-1-2-7-11(10)14-12(16)9-13-17/h1-3,5-9,17H,4H2,(H,14,16). The zero-order valence-corrected chi connectivity index (χ0v) is 9.04. The number of hydrogen-bond donors (Lipinski definition) is 2. The molecule has 0 fully saturated rings. The Labute approximate surface area is 98.4 Å². The Balaban J connectivity index is 2.84. The summed E-state index contributed by atoms with van der Waals surface area (Å²) in [6, 6.07) is 7.09. The maximum absolute atomic E-state index is 11.2. The number of rotatable bonds is 5. The van der Waals surface area contributed by atoms with E-state index in [0.29, 0.717) is 12.1 Å². The van der Waals surface area contributed by atoms with E-state index in [0.717, 1.165) is 18.1 Å². The first-order valence-corrected chi connectivity index (χ1v) is 4.95. The van der Waals surface area contributed by atoms with Crippen LogP contribution in [-0.4, -0.2) is 23.6 Å². The summed E-state index contributed by atoms with van der Waals surface area (Å²) in [5, 5.41) is 13.4. The van der Waals surface area contributed by atoms with Crippen LogP contribution in [0.3, 0.4) is 0 Å². The van der Waals surface area contributed by atoms with Crippen molar-refractivity contribution in [3.8, 4) is 0 Å². The second-order valence-electron chi connectivity index (χ2n) is 3.13. The number of benzene rings is 1. The number of amides is 1. The zero-order valence-electron chi connectivity index (χ0n) is 9.04. The number of allylic oxidation sites excluding steroid dienone is 1. The van der Waals surface area contributed by atoms with Gasteiger partial charge in [-0.2, -0.15) is 0 Å². The van der Waals surface area contributed by atoms with E-state index < -0.39 is 5.91 Å². The highest BCUT2D eigenvalue weighted by Crippen LogP contribution is 2.16. The lowest BCUT2D eigenvalue weighted by Crippen LogP contribution is -2.13. The Kier molecular flexibility index (Phi) is 5.16. The fourth-order valence-electron chi connectivity index (χ4n) is 1.22. The number of anilines is 1. The molecule has 0 bridgehead atoms. The van der Waals surface area contributed by atoms with Gasteiger partial charge in [0, 0.05) is 12.1 Å². The normalized spacial score (nSPS) is 10.8. The van der Waals surface area contributed by atoms with Gasteiger partial charge in [0.1, 0.15) is 12.5 Å². The molecule has 88 valence electrons. The topological polar surface area (TPSA) is 78.8 Å². The molecule has 17 heavy (non-hydrogen) atoms. The molecule has 0 aliphatic carbocycles. The van der Waals surface area contributed by atoms with Gasteiger partial charge < -0.3 is 15.3 Å². The maximum atomic E-state index is 11.2. The van der Waals surface area contributed by atoms with Crippen molar-refractivity contribution in [1.29, 1.82) is 0 Å². The number of oxime groups is 1. The van der Waals surface area contributed by atoms with Crippen LogP contribution in [0.2, 0.25) is 0 Å². The van der Waals surface area contributed by atoms with Crippen LogP contribution in [0.4, 0.5) is 5.69 Å². The van der Waals surface area contributed by atoms with Crippen LogP contribution in [0, 0.1) is 0 Å². The van der Waals surface area contributed by atoms with Gasteiger partial charge in [-0.05, 0) is 11.6 Å². The Morgan fingerprint density at radius 2 is 2.18 bits per heavy atom. The van der Waals surface area contributed by atoms with Gasteiger partial charge >= 0.3 is 0 Å². The summed E-state index contributed by atoms with van der Waals surface area (Å²) in [4.78, 5) is 21.4. The molecule has 0 saturated carbocycles. The Morgan fingerprint density at radius 3 is 2.88 bits per heavy atom. The molecule has 1 aromatic rings. The Hall–Kier alpha value is -2.43. The molecule has 1 aromatic carbocycles. The summed E-state index contributed by atoms with van der Waals surface area (Å²) in [6.45, 7) is 0. The second-order valence-corrected chi connectivity index (χ2v) is 3.13. The zero-order chi connectivity index (χ0) is 12.5. The van der Waals surface area contributed by atoms with Crippen LogP contribution in [0.5, 0.6) is 0 Å². The molecule has 1 amide bonds. The maximum Gasteiger partial charge on any atom is 0.270 e. The number of hydrogen-bond acceptors (Lipinski definition) is 4. The molecule has 0 unspecified atom stereocenters. The van der Waals surface area contributed by atoms with E-state index in [1.165, 1.54) is 0 Å². The number of nitrogens with one attached hydrogen (secondary N) is 1. The Bertz CT molecular complexity index is 453. The predicted octanol–water partition coefficient (Wildman–Crippen LogP) is 1.69. The molecule has 5 heteroatoms. The lowest BCUT2D eigenvalue weighted by atomic mass is 10.1. The SMILES string of the molecule is O=CCC=Cc1ccccc1NC(=O)C=NO. The highest BCUT2D eigenvalue weighted by atomic mass is 16.4. The molecule has 2 N–H and O–H groups in total. The Morgan fingerprint density at radius 1 is 1.41 bits per heavy atom. The van der Waals surface area contributed by atoms with Crippen LogP contribution >= 0.6 is 0 Å². The van der Waals surface area contributed by atoms with Gasteiger partial charge in [-0.15, -0.1) is 0 Å². The van der Waals surface area contributed by atoms with Gasteiger partial charge in [-0.25, -0.2) is 0 Å². The average molecular weight is 232 g/mol. The molecule has 0 atom stereocenters. The fraction of sp³-hybridized carbons (Fsp3) is 0.0833. The molecular weight excluding hydrogens is 220 g/mol. The molecule has 0 saturated heterocycles. The second kappa shape index (κ2) is 6.95. The summed E-state index contributed by atoms with van der Waals surface area (Å²) < 4.78 is 0. The fourth-order valence-corrected chi connectivity index (χ4v) is 1.22. The smallest absolute Gasteiger partial charge is 0.270 e. The van der Waals surface area contributed by atoms with Gasteiger partial charge in [-0.3, -0.25) is 4.79 Å². The van der Waals surface area contributed by atoms with E-state index in [4.69, 9.17) is 5.21 Å². The summed E-state index contributed by atoms with van der Waals surface area (Å²) >= 11 is 0. The molecule has 5 nitrogen and oxygen atoms in total. The summed E-state index contributed by atoms with van der Waals surface area (Å²) in [7, 11) is 0. The summed E-state index contributed by atoms with van der Waals surface area (Å²) in [5.41, 5.74) is 1.36. The molecular formula is C12H12N2O3. The van der Waals surface area contributed by atoms with Gasteiger partial charge in [0.15, 0.2) is 0 Å². The van der Waals surface area contributed by atoms with Gasteiger partial charge in [0.25, 0.3) is 5.91 Å². The quantitative estimate of drug-likeness (QED) is 0.351. The first kappa shape index (κ1) is 12.6. The van der Waals surface area contributed by atoms with Crippen molar-refractivity contribution >= 4 is 30.2 Å². The van der Waals surface area contributed by atoms with E-state index in [2.05, 4.69) is 10.5 Å². The molecule has 0 aliphatic heterocycles. The van der Waals surface area contributed by atoms with Crippen molar-refractivity contribution in [2.45, 2.75) is 6.42 Å². The predicted molar refractivity (Wildman–Crippen MR) is 65.1 cm³/mol. The molecule has 0 spiro atoms. The highest BCUT2D eigenvalue weighted by molar-refractivity contribution is 6.31. The number of carbonyl (C=O) groups is 2. The highest BCUT2D eigenvalue weighted by Gasteiger charge is 2.01. The van der Waals surface area contributed by atoms with Crippen LogP contribution in [0.25, 0.3) is 6.08 Å². The number of carbonyl (C=O) groups excluding carboxylic acids is 2. The molecule has 0 aromatic heterocycles.